The third-order valence-electron chi connectivity index (χ3n) is 26.0. The number of aromatic nitrogens is 6. The Balaban J connectivity index is 0.000000143. The van der Waals surface area contributed by atoms with Crippen LogP contribution in [0, 0.1) is 0 Å². The average Bonchev–Trinajstić information content (AvgIpc) is 1.57. The first kappa shape index (κ1) is 75.1. The number of nitrogens with zero attached hydrogens (tertiary/aromatic N) is 7. The highest BCUT2D eigenvalue weighted by Gasteiger charge is 2.40. The number of anilines is 2. The van der Waals surface area contributed by atoms with Crippen LogP contribution in [0.5, 0.6) is 5.75 Å². The third kappa shape index (κ3) is 13.4. The van der Waals surface area contributed by atoms with Crippen LogP contribution in [-0.2, 0) is 0 Å². The minimum Gasteiger partial charge on any atom is -0.484 e. The summed E-state index contributed by atoms with van der Waals surface area (Å²) in [5.74, 6) is 5.20. The second-order valence-electron chi connectivity index (χ2n) is 33.3. The quantitative estimate of drug-likeness (QED) is 0.113. The molecule has 0 saturated carbocycles. The molecular weight excluding hydrogens is 1560 g/mol. The summed E-state index contributed by atoms with van der Waals surface area (Å²) in [4.78, 5) is 34.0. The molecule has 21 aromatic rings. The van der Waals surface area contributed by atoms with E-state index in [1.807, 2.05) is 0 Å². The van der Waals surface area contributed by atoms with E-state index < -0.39 is 0 Å². The maximum absolute atomic E-state index is 6.52. The van der Waals surface area contributed by atoms with Crippen LogP contribution in [0.2, 0.25) is 0 Å². The number of para-hydroxylation sites is 3. The van der Waals surface area contributed by atoms with Crippen LogP contribution < -0.4 is 9.64 Å². The number of hydrogen-bond acceptors (Lipinski definition) is 8. The molecule has 4 unspecified atom stereocenters. The predicted molar refractivity (Wildman–Crippen MR) is 529 cm³/mol. The van der Waals surface area contributed by atoms with Gasteiger partial charge in [-0.2, -0.15) is 0 Å². The number of allylic oxidation sites excluding steroid dienone is 4. The van der Waals surface area contributed by atoms with Crippen molar-refractivity contribution in [2.45, 2.75) is 24.0 Å². The van der Waals surface area contributed by atoms with E-state index in [0.29, 0.717) is 34.9 Å². The minimum absolute atomic E-state index is 0.0285. The van der Waals surface area contributed by atoms with Crippen molar-refractivity contribution in [2.24, 2.45) is 0 Å². The van der Waals surface area contributed by atoms with Crippen molar-refractivity contribution in [2.75, 3.05) is 4.90 Å². The molecule has 2 aromatic heterocycles. The fraction of sp³-hybridized carbons (Fsp3) is 0.0333. The van der Waals surface area contributed by atoms with Crippen molar-refractivity contribution in [3.05, 3.63) is 466 Å². The molecule has 0 spiro atoms. The van der Waals surface area contributed by atoms with E-state index in [1.54, 1.807) is 0 Å². The second-order valence-corrected chi connectivity index (χ2v) is 33.3. The maximum Gasteiger partial charge on any atom is 0.164 e. The van der Waals surface area contributed by atoms with E-state index in [2.05, 4.69) is 460 Å². The molecular formula is C120H79N7O. The first-order valence-corrected chi connectivity index (χ1v) is 43.9. The predicted octanol–water partition coefficient (Wildman–Crippen LogP) is 30.4. The summed E-state index contributed by atoms with van der Waals surface area (Å²) in [5.41, 5.74) is 24.5. The monoisotopic (exact) mass is 1630 g/mol. The molecule has 8 nitrogen and oxygen atoms in total. The van der Waals surface area contributed by atoms with E-state index in [0.717, 1.165) is 88.5 Å². The molecule has 19 aromatic carbocycles. The fourth-order valence-electron chi connectivity index (χ4n) is 19.8. The molecule has 4 aliphatic rings. The van der Waals surface area contributed by atoms with Gasteiger partial charge in [-0.3, -0.25) is 0 Å². The standard InChI is InChI=1S/C63H42N4.C57H37N3O/c1-2-19-47(20-3-1)67-59-30-11-10-25-56(59)57-29-14-27-51(60(57)67)44-33-37-46(38-34-44)62-64-61(45-35-31-43(32-36-45)49-26-12-17-41-15-4-6-21-48(41)49)65-63(66-62)58-40-39-55(53-23-8-9-24-54(53)58)52-28-13-18-42-16-5-7-22-50(42)52;1-3-16-42-36(12-1)14-9-21-43(42)38-26-30-40(31-27-38)55-58-56(41-32-28-39(29-33-41)45-22-11-24-51-50-20-7-8-25-53(50)61-54(45)51)60-57(59-55)52-35-34-49(47-18-5-6-19-48(47)52)46-23-10-15-37-13-2-4-17-44(37)46/h1-40,56,59H;1-35,50,53H. The smallest absolute Gasteiger partial charge is 0.164 e. The molecule has 2 aliphatic heterocycles. The van der Waals surface area contributed by atoms with Gasteiger partial charge in [-0.15, -0.1) is 0 Å². The lowest BCUT2D eigenvalue weighted by Gasteiger charge is -2.29. The molecule has 0 saturated heterocycles. The summed E-state index contributed by atoms with van der Waals surface area (Å²) in [6, 6.07) is 145. The number of ether oxygens (including phenoxy) is 1. The number of fused-ring (bicyclic) bond motifs is 12. The highest BCUT2D eigenvalue weighted by Crippen LogP contribution is 2.53. The van der Waals surface area contributed by atoms with Crippen LogP contribution in [-0.4, -0.2) is 42.0 Å². The Morgan fingerprint density at radius 2 is 0.492 bits per heavy atom. The largest absolute Gasteiger partial charge is 0.484 e. The Labute approximate surface area is 741 Å². The lowest BCUT2D eigenvalue weighted by atomic mass is 9.90. The zero-order valence-corrected chi connectivity index (χ0v) is 69.6. The van der Waals surface area contributed by atoms with Gasteiger partial charge in [0.25, 0.3) is 0 Å². The van der Waals surface area contributed by atoms with Crippen molar-refractivity contribution in [3.63, 3.8) is 0 Å². The van der Waals surface area contributed by atoms with E-state index in [9.17, 15) is 0 Å². The topological polar surface area (TPSA) is 89.8 Å². The summed E-state index contributed by atoms with van der Waals surface area (Å²) < 4.78 is 6.52. The Kier molecular flexibility index (Phi) is 18.7. The van der Waals surface area contributed by atoms with E-state index in [4.69, 9.17) is 34.6 Å². The highest BCUT2D eigenvalue weighted by molar-refractivity contribution is 6.11. The highest BCUT2D eigenvalue weighted by atomic mass is 16.5. The molecule has 2 aliphatic carbocycles. The first-order chi connectivity index (χ1) is 63.5. The lowest BCUT2D eigenvalue weighted by molar-refractivity contribution is 0.270. The van der Waals surface area contributed by atoms with Crippen molar-refractivity contribution in [1.82, 2.24) is 29.9 Å². The third-order valence-corrected chi connectivity index (χ3v) is 26.0. The average molecular weight is 1630 g/mol. The molecule has 0 bridgehead atoms. The van der Waals surface area contributed by atoms with Gasteiger partial charge in [-0.1, -0.05) is 425 Å². The van der Waals surface area contributed by atoms with Crippen LogP contribution in [0.3, 0.4) is 0 Å². The number of benzene rings is 19. The van der Waals surface area contributed by atoms with Crippen LogP contribution in [0.15, 0.2) is 455 Å². The molecule has 0 fully saturated rings. The zero-order chi connectivity index (χ0) is 84.5. The molecule has 4 heterocycles. The van der Waals surface area contributed by atoms with E-state index in [1.165, 1.54) is 105 Å². The molecule has 0 N–H and O–H groups in total. The zero-order valence-electron chi connectivity index (χ0n) is 69.6. The maximum atomic E-state index is 6.52. The van der Waals surface area contributed by atoms with E-state index in [-0.39, 0.29) is 24.0 Å². The van der Waals surface area contributed by atoms with Gasteiger partial charge in [-0.05, 0) is 156 Å². The Morgan fingerprint density at radius 1 is 0.195 bits per heavy atom. The van der Waals surface area contributed by atoms with Gasteiger partial charge < -0.3 is 9.64 Å². The molecule has 8 heteroatoms. The minimum atomic E-state index is 0.0285. The van der Waals surface area contributed by atoms with Crippen molar-refractivity contribution >= 4 is 76.0 Å². The summed E-state index contributed by atoms with van der Waals surface area (Å²) in [6.45, 7) is 0. The van der Waals surface area contributed by atoms with Crippen LogP contribution in [0.25, 0.3) is 200 Å². The van der Waals surface area contributed by atoms with E-state index >= 15 is 0 Å². The van der Waals surface area contributed by atoms with Gasteiger partial charge in [0.15, 0.2) is 34.9 Å². The van der Waals surface area contributed by atoms with Crippen molar-refractivity contribution in [1.29, 1.82) is 0 Å². The summed E-state index contributed by atoms with van der Waals surface area (Å²) >= 11 is 0. The van der Waals surface area contributed by atoms with Crippen LogP contribution in [0.1, 0.15) is 23.0 Å². The second kappa shape index (κ2) is 31.9. The van der Waals surface area contributed by atoms with Gasteiger partial charge in [0, 0.05) is 67.6 Å². The van der Waals surface area contributed by atoms with Crippen molar-refractivity contribution in [3.8, 4) is 141 Å². The molecule has 4 atom stereocenters. The Morgan fingerprint density at radius 3 is 0.945 bits per heavy atom. The van der Waals surface area contributed by atoms with Crippen molar-refractivity contribution < 1.29 is 4.74 Å². The van der Waals surface area contributed by atoms with Gasteiger partial charge in [-0.25, -0.2) is 29.9 Å². The number of rotatable bonds is 13. The lowest BCUT2D eigenvalue weighted by Crippen LogP contribution is -2.28. The normalized spacial score (nSPS) is 15.1. The van der Waals surface area contributed by atoms with Gasteiger partial charge in [0.05, 0.1) is 11.7 Å². The van der Waals surface area contributed by atoms with Crippen LogP contribution >= 0.6 is 0 Å². The first-order valence-electron chi connectivity index (χ1n) is 43.9. The molecule has 600 valence electrons. The van der Waals surface area contributed by atoms with Gasteiger partial charge >= 0.3 is 0 Å². The molecule has 0 radical (unpaired) electrons. The fourth-order valence-corrected chi connectivity index (χ4v) is 19.8. The molecule has 25 rings (SSSR count). The summed E-state index contributed by atoms with van der Waals surface area (Å²) in [6.07, 6.45) is 17.6. The summed E-state index contributed by atoms with van der Waals surface area (Å²) in [7, 11) is 0. The van der Waals surface area contributed by atoms with Crippen LogP contribution in [0.4, 0.5) is 11.4 Å². The van der Waals surface area contributed by atoms with Gasteiger partial charge in [0.1, 0.15) is 11.9 Å². The Bertz CT molecular complexity index is 8100. The summed E-state index contributed by atoms with van der Waals surface area (Å²) in [5, 5.41) is 14.2. The Hall–Kier alpha value is -16.7. The molecule has 0 amide bonds. The van der Waals surface area contributed by atoms with Gasteiger partial charge in [0.2, 0.25) is 0 Å². The molecule has 128 heavy (non-hydrogen) atoms. The number of hydrogen-bond donors (Lipinski definition) is 0. The SMILES string of the molecule is C1=CC2Oc3c(-c4ccc(-c5nc(-c6ccc(-c7cccc8ccccc78)cc6)nc(-c6ccc(-c7cccc8ccccc78)c7ccccc67)n5)cc4)cccc3C2C=C1.C1=CC2c3cccc(-c4ccc(-c5nc(-c6ccc(-c7cccc8ccccc78)cc6)nc(-c6ccc(-c7cccc8ccccc78)c7ccccc67)n5)cc4)c3N(c3ccccc3)C2C=C1.